The first-order valence-corrected chi connectivity index (χ1v) is 5.42. The molecule has 0 radical (unpaired) electrons. The van der Waals surface area contributed by atoms with Crippen LogP contribution in [0.3, 0.4) is 0 Å². The molecule has 0 fully saturated rings. The summed E-state index contributed by atoms with van der Waals surface area (Å²) in [6.45, 7) is 6.11. The van der Waals surface area contributed by atoms with Crippen molar-refractivity contribution in [1.29, 1.82) is 0 Å². The van der Waals surface area contributed by atoms with Crippen LogP contribution in [0, 0.1) is 13.8 Å². The first kappa shape index (κ1) is 12.5. The van der Waals surface area contributed by atoms with Crippen LogP contribution in [-0.4, -0.2) is 17.6 Å². The van der Waals surface area contributed by atoms with Crippen molar-refractivity contribution in [2.24, 2.45) is 0 Å². The maximum atomic E-state index is 11.2. The molecule has 4 nitrogen and oxygen atoms in total. The summed E-state index contributed by atoms with van der Waals surface area (Å²) in [5.41, 5.74) is 0.773. The fourth-order valence-electron chi connectivity index (χ4n) is 1.21. The molecule has 1 heterocycles. The summed E-state index contributed by atoms with van der Waals surface area (Å²) in [4.78, 5) is 15.3. The third kappa shape index (κ3) is 3.88. The molecule has 0 aliphatic rings. The lowest BCUT2D eigenvalue weighted by atomic mass is 10.3. The quantitative estimate of drug-likeness (QED) is 0.437. The van der Waals surface area contributed by atoms with Crippen LogP contribution in [0.2, 0.25) is 0 Å². The molecular formula is C12H17NO3. The minimum atomic E-state index is -0.345. The molecule has 1 aromatic heterocycles. The number of unbranched alkanes of at least 4 members (excludes halogenated alkanes) is 1. The molecular weight excluding hydrogens is 206 g/mol. The van der Waals surface area contributed by atoms with Crippen molar-refractivity contribution in [2.75, 3.05) is 6.61 Å². The normalized spacial score (nSPS) is 10.9. The van der Waals surface area contributed by atoms with Gasteiger partial charge in [-0.1, -0.05) is 13.3 Å². The largest absolute Gasteiger partial charge is 0.463 e. The van der Waals surface area contributed by atoms with E-state index in [1.165, 1.54) is 6.08 Å². The molecule has 0 atom stereocenters. The first-order valence-electron chi connectivity index (χ1n) is 5.42. The van der Waals surface area contributed by atoms with E-state index in [1.54, 1.807) is 13.0 Å². The Labute approximate surface area is 95.3 Å². The van der Waals surface area contributed by atoms with E-state index in [9.17, 15) is 4.79 Å². The van der Waals surface area contributed by atoms with Crippen molar-refractivity contribution in [3.05, 3.63) is 23.4 Å². The molecule has 0 aliphatic carbocycles. The van der Waals surface area contributed by atoms with Crippen LogP contribution in [0.4, 0.5) is 0 Å². The summed E-state index contributed by atoms with van der Waals surface area (Å²) in [5.74, 6) is 0.850. The zero-order chi connectivity index (χ0) is 12.0. The molecule has 0 aliphatic heterocycles. The van der Waals surface area contributed by atoms with Crippen LogP contribution in [-0.2, 0) is 9.53 Å². The Kier molecular flexibility index (Phi) is 4.76. The molecule has 0 saturated carbocycles. The molecule has 0 unspecified atom stereocenters. The van der Waals surface area contributed by atoms with Crippen LogP contribution < -0.4 is 0 Å². The Balaban J connectivity index is 2.47. The van der Waals surface area contributed by atoms with Gasteiger partial charge in [0.2, 0.25) is 0 Å². The van der Waals surface area contributed by atoms with Gasteiger partial charge < -0.3 is 9.15 Å². The Hall–Kier alpha value is -1.58. The van der Waals surface area contributed by atoms with Crippen molar-refractivity contribution in [1.82, 2.24) is 4.98 Å². The van der Waals surface area contributed by atoms with Gasteiger partial charge in [0, 0.05) is 13.0 Å². The number of esters is 1. The number of nitrogens with zero attached hydrogens (tertiary/aromatic N) is 1. The fraction of sp³-hybridized carbons (Fsp3) is 0.500. The van der Waals surface area contributed by atoms with Crippen molar-refractivity contribution in [3.8, 4) is 0 Å². The van der Waals surface area contributed by atoms with Crippen molar-refractivity contribution in [2.45, 2.75) is 33.6 Å². The number of aryl methyl sites for hydroxylation is 2. The van der Waals surface area contributed by atoms with Crippen molar-refractivity contribution >= 4 is 12.0 Å². The second-order valence-corrected chi connectivity index (χ2v) is 3.54. The lowest BCUT2D eigenvalue weighted by Gasteiger charge is -1.98. The summed E-state index contributed by atoms with van der Waals surface area (Å²) in [7, 11) is 0. The SMILES string of the molecule is CCCCOC(=O)/C=C/c1oc(C)nc1C. The van der Waals surface area contributed by atoms with Gasteiger partial charge in [0.1, 0.15) is 0 Å². The van der Waals surface area contributed by atoms with Crippen LogP contribution in [0.1, 0.15) is 37.1 Å². The van der Waals surface area contributed by atoms with Gasteiger partial charge in [-0.15, -0.1) is 0 Å². The van der Waals surface area contributed by atoms with Crippen molar-refractivity contribution < 1.29 is 13.9 Å². The summed E-state index contributed by atoms with van der Waals surface area (Å²) in [5, 5.41) is 0. The van der Waals surface area contributed by atoms with E-state index in [0.717, 1.165) is 18.5 Å². The van der Waals surface area contributed by atoms with Gasteiger partial charge in [-0.3, -0.25) is 0 Å². The van der Waals surface area contributed by atoms with Gasteiger partial charge in [0.05, 0.1) is 12.3 Å². The third-order valence-electron chi connectivity index (χ3n) is 2.05. The number of oxazole rings is 1. The molecule has 0 bridgehead atoms. The number of carbonyl (C=O) groups excluding carboxylic acids is 1. The summed E-state index contributed by atoms with van der Waals surface area (Å²) in [6, 6.07) is 0. The number of hydrogen-bond donors (Lipinski definition) is 0. The summed E-state index contributed by atoms with van der Waals surface area (Å²) >= 11 is 0. The van der Waals surface area contributed by atoms with E-state index in [0.29, 0.717) is 18.3 Å². The molecule has 16 heavy (non-hydrogen) atoms. The van der Waals surface area contributed by atoms with Gasteiger partial charge in [-0.25, -0.2) is 9.78 Å². The summed E-state index contributed by atoms with van der Waals surface area (Å²) < 4.78 is 10.2. The molecule has 4 heteroatoms. The third-order valence-corrected chi connectivity index (χ3v) is 2.05. The number of rotatable bonds is 5. The Morgan fingerprint density at radius 2 is 2.25 bits per heavy atom. The van der Waals surface area contributed by atoms with Crippen molar-refractivity contribution in [3.63, 3.8) is 0 Å². The monoisotopic (exact) mass is 223 g/mol. The topological polar surface area (TPSA) is 52.3 Å². The Morgan fingerprint density at radius 3 is 2.81 bits per heavy atom. The van der Waals surface area contributed by atoms with Gasteiger partial charge in [-0.2, -0.15) is 0 Å². The second kappa shape index (κ2) is 6.10. The van der Waals surface area contributed by atoms with Gasteiger partial charge in [0.25, 0.3) is 0 Å². The predicted molar refractivity (Wildman–Crippen MR) is 60.9 cm³/mol. The molecule has 0 saturated heterocycles. The Morgan fingerprint density at radius 1 is 1.50 bits per heavy atom. The molecule has 88 valence electrons. The number of aromatic nitrogens is 1. The van der Waals surface area contributed by atoms with E-state index < -0.39 is 0 Å². The zero-order valence-electron chi connectivity index (χ0n) is 9.95. The maximum absolute atomic E-state index is 11.2. The highest BCUT2D eigenvalue weighted by molar-refractivity contribution is 5.86. The van der Waals surface area contributed by atoms with E-state index in [1.807, 2.05) is 13.8 Å². The molecule has 1 aromatic rings. The fourth-order valence-corrected chi connectivity index (χ4v) is 1.21. The predicted octanol–water partition coefficient (Wildman–Crippen LogP) is 2.65. The molecule has 0 spiro atoms. The lowest BCUT2D eigenvalue weighted by Crippen LogP contribution is -2.01. The molecule has 0 N–H and O–H groups in total. The van der Waals surface area contributed by atoms with Crippen LogP contribution in [0.5, 0.6) is 0 Å². The van der Waals surface area contributed by atoms with Gasteiger partial charge in [-0.05, 0) is 19.4 Å². The zero-order valence-corrected chi connectivity index (χ0v) is 9.95. The van der Waals surface area contributed by atoms with Gasteiger partial charge in [0.15, 0.2) is 11.7 Å². The van der Waals surface area contributed by atoms with Crippen LogP contribution >= 0.6 is 0 Å². The average Bonchev–Trinajstić information content (AvgIpc) is 2.55. The molecule has 0 amide bonds. The highest BCUT2D eigenvalue weighted by Gasteiger charge is 2.03. The van der Waals surface area contributed by atoms with E-state index in [-0.39, 0.29) is 5.97 Å². The minimum Gasteiger partial charge on any atom is -0.463 e. The smallest absolute Gasteiger partial charge is 0.330 e. The highest BCUT2D eigenvalue weighted by atomic mass is 16.5. The molecule has 1 rings (SSSR count). The minimum absolute atomic E-state index is 0.345. The first-order chi connectivity index (χ1) is 7.63. The molecule has 0 aromatic carbocycles. The average molecular weight is 223 g/mol. The standard InChI is InChI=1S/C12H17NO3/c1-4-5-8-15-12(14)7-6-11-9(2)13-10(3)16-11/h6-7H,4-5,8H2,1-3H3/b7-6+. The lowest BCUT2D eigenvalue weighted by molar-refractivity contribution is -0.137. The van der Waals surface area contributed by atoms with E-state index >= 15 is 0 Å². The van der Waals surface area contributed by atoms with E-state index in [4.69, 9.17) is 9.15 Å². The number of hydrogen-bond acceptors (Lipinski definition) is 4. The van der Waals surface area contributed by atoms with E-state index in [2.05, 4.69) is 4.98 Å². The second-order valence-electron chi connectivity index (χ2n) is 3.54. The number of carbonyl (C=O) groups is 1. The highest BCUT2D eigenvalue weighted by Crippen LogP contribution is 2.10. The Bertz CT molecular complexity index is 380. The van der Waals surface area contributed by atoms with Crippen LogP contribution in [0.15, 0.2) is 10.5 Å². The summed E-state index contributed by atoms with van der Waals surface area (Å²) in [6.07, 6.45) is 4.85. The van der Waals surface area contributed by atoms with Crippen LogP contribution in [0.25, 0.3) is 6.08 Å². The number of ether oxygens (including phenoxy) is 1. The maximum Gasteiger partial charge on any atom is 0.330 e. The van der Waals surface area contributed by atoms with Gasteiger partial charge >= 0.3 is 5.97 Å².